The number of halogens is 3. The predicted octanol–water partition coefficient (Wildman–Crippen LogP) is 4.71. The van der Waals surface area contributed by atoms with Gasteiger partial charge in [-0.25, -0.2) is 8.42 Å². The van der Waals surface area contributed by atoms with Gasteiger partial charge < -0.3 is 10.2 Å². The first-order valence-electron chi connectivity index (χ1n) is 10.5. The first-order valence-corrected chi connectivity index (χ1v) is 13.9. The van der Waals surface area contributed by atoms with Crippen LogP contribution < -0.4 is 9.62 Å². The molecule has 0 bridgehead atoms. The van der Waals surface area contributed by atoms with Crippen LogP contribution in [0.4, 0.5) is 5.69 Å². The van der Waals surface area contributed by atoms with Gasteiger partial charge in [0.25, 0.3) is 0 Å². The highest BCUT2D eigenvalue weighted by Gasteiger charge is 2.31. The zero-order chi connectivity index (χ0) is 25.6. The molecule has 0 aliphatic rings. The lowest BCUT2D eigenvalue weighted by Gasteiger charge is -2.32. The molecule has 0 saturated carbocycles. The maximum absolute atomic E-state index is 13.5. The molecule has 11 heteroatoms. The van der Waals surface area contributed by atoms with Crippen LogP contribution in [0.15, 0.2) is 46.9 Å². The summed E-state index contributed by atoms with van der Waals surface area (Å²) in [5.41, 5.74) is 0.872. The van der Waals surface area contributed by atoms with Crippen molar-refractivity contribution in [3.63, 3.8) is 0 Å². The van der Waals surface area contributed by atoms with E-state index in [4.69, 9.17) is 23.2 Å². The second-order valence-corrected chi connectivity index (χ2v) is 12.0. The van der Waals surface area contributed by atoms with Crippen LogP contribution in [-0.4, -0.2) is 50.5 Å². The molecule has 186 valence electrons. The van der Waals surface area contributed by atoms with Crippen molar-refractivity contribution in [1.82, 2.24) is 10.2 Å². The largest absolute Gasteiger partial charge is 0.354 e. The Kier molecular flexibility index (Phi) is 10.2. The summed E-state index contributed by atoms with van der Waals surface area (Å²) in [5.74, 6) is -0.653. The fourth-order valence-electron chi connectivity index (χ4n) is 3.09. The Balaban J connectivity index is 2.40. The summed E-state index contributed by atoms with van der Waals surface area (Å²) in [5, 5.41) is 3.23. The summed E-state index contributed by atoms with van der Waals surface area (Å²) in [6.07, 6.45) is 0.981. The molecule has 0 unspecified atom stereocenters. The van der Waals surface area contributed by atoms with Gasteiger partial charge in [-0.05, 0) is 48.7 Å². The predicted molar refractivity (Wildman–Crippen MR) is 141 cm³/mol. The fraction of sp³-hybridized carbons (Fsp3) is 0.391. The highest BCUT2D eigenvalue weighted by Crippen LogP contribution is 2.31. The Morgan fingerprint density at radius 1 is 1.06 bits per heavy atom. The van der Waals surface area contributed by atoms with E-state index in [1.165, 1.54) is 23.1 Å². The number of rotatable bonds is 10. The highest BCUT2D eigenvalue weighted by atomic mass is 79.9. The maximum atomic E-state index is 13.5. The summed E-state index contributed by atoms with van der Waals surface area (Å²) >= 11 is 15.7. The Bertz CT molecular complexity index is 1130. The minimum absolute atomic E-state index is 0.0884. The first kappa shape index (κ1) is 28.4. The van der Waals surface area contributed by atoms with Crippen LogP contribution in [0.25, 0.3) is 0 Å². The molecule has 2 amide bonds. The van der Waals surface area contributed by atoms with Crippen molar-refractivity contribution in [2.24, 2.45) is 5.92 Å². The third kappa shape index (κ3) is 8.15. The Labute approximate surface area is 219 Å². The molecule has 0 fully saturated rings. The number of benzene rings is 2. The van der Waals surface area contributed by atoms with E-state index in [0.717, 1.165) is 20.6 Å². The number of carbonyl (C=O) groups excluding carboxylic acids is 2. The van der Waals surface area contributed by atoms with Gasteiger partial charge in [0.1, 0.15) is 12.6 Å². The van der Waals surface area contributed by atoms with Crippen molar-refractivity contribution in [3.8, 4) is 0 Å². The SMILES string of the molecule is CC(C)CNC(=O)[C@H](C)N(Cc1ccc(Br)cc1)C(=O)CN(c1cc(Cl)ccc1Cl)S(C)(=O)=O. The minimum Gasteiger partial charge on any atom is -0.354 e. The molecule has 2 aromatic rings. The molecular formula is C23H28BrCl2N3O4S. The molecule has 0 aromatic heterocycles. The van der Waals surface area contributed by atoms with Crippen molar-refractivity contribution in [1.29, 1.82) is 0 Å². The normalized spacial score (nSPS) is 12.4. The molecular weight excluding hydrogens is 565 g/mol. The lowest BCUT2D eigenvalue weighted by atomic mass is 10.1. The molecule has 0 heterocycles. The van der Waals surface area contributed by atoms with E-state index in [1.807, 2.05) is 38.1 Å². The third-order valence-corrected chi connectivity index (χ3v) is 7.18. The van der Waals surface area contributed by atoms with Gasteiger partial charge in [0.2, 0.25) is 21.8 Å². The van der Waals surface area contributed by atoms with Crippen LogP contribution in [0.3, 0.4) is 0 Å². The second-order valence-electron chi connectivity index (χ2n) is 8.33. The summed E-state index contributed by atoms with van der Waals surface area (Å²) in [4.78, 5) is 27.6. The fourth-order valence-corrected chi connectivity index (χ4v) is 4.65. The van der Waals surface area contributed by atoms with Crippen molar-refractivity contribution in [2.75, 3.05) is 23.7 Å². The maximum Gasteiger partial charge on any atom is 0.244 e. The van der Waals surface area contributed by atoms with Crippen molar-refractivity contribution in [3.05, 3.63) is 62.5 Å². The molecule has 0 spiro atoms. The number of hydrogen-bond acceptors (Lipinski definition) is 4. The van der Waals surface area contributed by atoms with Gasteiger partial charge in [0.15, 0.2) is 0 Å². The molecule has 0 saturated heterocycles. The van der Waals surface area contributed by atoms with E-state index in [9.17, 15) is 18.0 Å². The molecule has 0 aliphatic heterocycles. The van der Waals surface area contributed by atoms with E-state index in [1.54, 1.807) is 6.92 Å². The van der Waals surface area contributed by atoms with Gasteiger partial charge >= 0.3 is 0 Å². The van der Waals surface area contributed by atoms with Gasteiger partial charge in [0, 0.05) is 22.6 Å². The van der Waals surface area contributed by atoms with E-state index in [2.05, 4.69) is 21.2 Å². The molecule has 2 aromatic carbocycles. The van der Waals surface area contributed by atoms with Gasteiger partial charge in [-0.15, -0.1) is 0 Å². The first-order chi connectivity index (χ1) is 15.8. The third-order valence-electron chi connectivity index (χ3n) is 4.97. The number of anilines is 1. The average molecular weight is 593 g/mol. The number of amides is 2. The number of nitrogens with zero attached hydrogens (tertiary/aromatic N) is 2. The second kappa shape index (κ2) is 12.2. The van der Waals surface area contributed by atoms with Crippen molar-refractivity contribution < 1.29 is 18.0 Å². The molecule has 1 atom stereocenters. The standard InChI is InChI=1S/C23H28BrCl2N3O4S/c1-15(2)12-27-23(31)16(3)28(13-17-5-7-18(24)8-6-17)22(30)14-29(34(4,32)33)21-11-19(25)9-10-20(21)26/h5-11,15-16H,12-14H2,1-4H3,(H,27,31)/t16-/m0/s1. The van der Waals surface area contributed by atoms with E-state index in [0.29, 0.717) is 6.54 Å². The van der Waals surface area contributed by atoms with E-state index >= 15 is 0 Å². The zero-order valence-corrected chi connectivity index (χ0v) is 23.3. The molecule has 2 rings (SSSR count). The zero-order valence-electron chi connectivity index (χ0n) is 19.4. The molecule has 34 heavy (non-hydrogen) atoms. The smallest absolute Gasteiger partial charge is 0.244 e. The van der Waals surface area contributed by atoms with Crippen LogP contribution in [0, 0.1) is 5.92 Å². The van der Waals surface area contributed by atoms with Gasteiger partial charge in [-0.2, -0.15) is 0 Å². The van der Waals surface area contributed by atoms with Crippen LogP contribution in [-0.2, 0) is 26.2 Å². The molecule has 7 nitrogen and oxygen atoms in total. The summed E-state index contributed by atoms with van der Waals surface area (Å²) < 4.78 is 27.0. The Morgan fingerprint density at radius 3 is 2.24 bits per heavy atom. The number of hydrogen-bond donors (Lipinski definition) is 1. The Hall–Kier alpha value is -1.81. The lowest BCUT2D eigenvalue weighted by Crippen LogP contribution is -2.51. The minimum atomic E-state index is -3.90. The molecule has 0 radical (unpaired) electrons. The van der Waals surface area contributed by atoms with Crippen LogP contribution in [0.1, 0.15) is 26.3 Å². The van der Waals surface area contributed by atoms with Crippen molar-refractivity contribution in [2.45, 2.75) is 33.4 Å². The average Bonchev–Trinajstić information content (AvgIpc) is 2.75. The monoisotopic (exact) mass is 591 g/mol. The number of nitrogens with one attached hydrogen (secondary N) is 1. The topological polar surface area (TPSA) is 86.8 Å². The van der Waals surface area contributed by atoms with Crippen LogP contribution in [0.5, 0.6) is 0 Å². The lowest BCUT2D eigenvalue weighted by molar-refractivity contribution is -0.139. The van der Waals surface area contributed by atoms with Gasteiger partial charge in [0.05, 0.1) is 17.0 Å². The number of carbonyl (C=O) groups is 2. The summed E-state index contributed by atoms with van der Waals surface area (Å²) in [7, 11) is -3.90. The van der Waals surface area contributed by atoms with Crippen LogP contribution >= 0.6 is 39.1 Å². The quantitative estimate of drug-likeness (QED) is 0.433. The van der Waals surface area contributed by atoms with Crippen molar-refractivity contribution >= 4 is 66.7 Å². The van der Waals surface area contributed by atoms with Gasteiger partial charge in [-0.1, -0.05) is 65.1 Å². The molecule has 0 aliphatic carbocycles. The van der Waals surface area contributed by atoms with Crippen LogP contribution in [0.2, 0.25) is 10.0 Å². The summed E-state index contributed by atoms with van der Waals surface area (Å²) in [6, 6.07) is 10.8. The van der Waals surface area contributed by atoms with E-state index in [-0.39, 0.29) is 34.1 Å². The number of sulfonamides is 1. The Morgan fingerprint density at radius 2 is 1.68 bits per heavy atom. The molecule has 1 N–H and O–H groups in total. The van der Waals surface area contributed by atoms with Gasteiger partial charge in [-0.3, -0.25) is 13.9 Å². The van der Waals surface area contributed by atoms with E-state index < -0.39 is 28.5 Å². The summed E-state index contributed by atoms with van der Waals surface area (Å²) in [6.45, 7) is 5.57. The highest BCUT2D eigenvalue weighted by molar-refractivity contribution is 9.10.